The number of aryl methyl sites for hydroxylation is 2. The topological polar surface area (TPSA) is 89.3 Å². The zero-order chi connectivity index (χ0) is 18.3. The molecule has 0 aromatic carbocycles. The van der Waals surface area contributed by atoms with Crippen molar-refractivity contribution in [2.75, 3.05) is 11.5 Å². The third-order valence-electron chi connectivity index (χ3n) is 6.18. The highest BCUT2D eigenvalue weighted by Crippen LogP contribution is 2.36. The summed E-state index contributed by atoms with van der Waals surface area (Å²) in [6.07, 6.45) is 8.47. The van der Waals surface area contributed by atoms with Gasteiger partial charge in [0.05, 0.1) is 16.4 Å². The maximum Gasteiger partial charge on any atom is 0.261 e. The lowest BCUT2D eigenvalue weighted by Gasteiger charge is -2.44. The second-order valence-electron chi connectivity index (χ2n) is 8.30. The number of sulfone groups is 1. The number of carbonyl (C=O) groups is 1. The van der Waals surface area contributed by atoms with Gasteiger partial charge in [-0.3, -0.25) is 4.79 Å². The predicted octanol–water partition coefficient (Wildman–Crippen LogP) is 2.29. The standard InChI is InChI=1S/C19H28N2O3S2/c20-15-7-13-10-26(23,24)11-14(8-15)18(13)21-19(22)17-9-12-5-3-1-2-4-6-16(12)25-17/h9,13-15,18H,1-8,10-11,20H2,(H,21,22). The van der Waals surface area contributed by atoms with Gasteiger partial charge in [-0.15, -0.1) is 11.3 Å². The van der Waals surface area contributed by atoms with Gasteiger partial charge in [0.1, 0.15) is 0 Å². The van der Waals surface area contributed by atoms with Gasteiger partial charge in [-0.1, -0.05) is 12.8 Å². The highest BCUT2D eigenvalue weighted by atomic mass is 32.2. The van der Waals surface area contributed by atoms with E-state index in [1.807, 2.05) is 0 Å². The fourth-order valence-electron chi connectivity index (χ4n) is 5.03. The quantitative estimate of drug-likeness (QED) is 0.803. The van der Waals surface area contributed by atoms with Crippen molar-refractivity contribution < 1.29 is 13.2 Å². The van der Waals surface area contributed by atoms with E-state index in [1.165, 1.54) is 36.1 Å². The molecule has 1 saturated carbocycles. The molecule has 7 heteroatoms. The molecule has 0 spiro atoms. The lowest BCUT2D eigenvalue weighted by atomic mass is 9.75. The second kappa shape index (κ2) is 7.24. The summed E-state index contributed by atoms with van der Waals surface area (Å²) in [4.78, 5) is 15.0. The largest absolute Gasteiger partial charge is 0.348 e. The minimum atomic E-state index is -3.01. The van der Waals surface area contributed by atoms with Gasteiger partial charge in [0.2, 0.25) is 0 Å². The SMILES string of the molecule is NC1CC2CS(=O)(=O)CC(C1)C2NC(=O)c1cc2c(s1)CCCCCC2. The van der Waals surface area contributed by atoms with Crippen LogP contribution in [-0.2, 0) is 22.7 Å². The summed E-state index contributed by atoms with van der Waals surface area (Å²) in [5, 5.41) is 3.19. The van der Waals surface area contributed by atoms with Crippen molar-refractivity contribution in [3.05, 3.63) is 21.4 Å². The molecule has 1 aliphatic heterocycles. The van der Waals surface area contributed by atoms with Crippen LogP contribution in [0.25, 0.3) is 0 Å². The molecule has 3 N–H and O–H groups in total. The summed E-state index contributed by atoms with van der Waals surface area (Å²) in [5.74, 6) is 0.183. The molecule has 2 atom stereocenters. The highest BCUT2D eigenvalue weighted by molar-refractivity contribution is 7.91. The van der Waals surface area contributed by atoms with E-state index in [0.717, 1.165) is 17.7 Å². The average molecular weight is 397 g/mol. The molecular weight excluding hydrogens is 368 g/mol. The number of hydrogen-bond acceptors (Lipinski definition) is 5. The van der Waals surface area contributed by atoms with Gasteiger partial charge in [-0.05, 0) is 62.0 Å². The molecule has 4 rings (SSSR count). The smallest absolute Gasteiger partial charge is 0.261 e. The Bertz CT molecular complexity index is 739. The Labute approximate surface area is 159 Å². The zero-order valence-corrected chi connectivity index (χ0v) is 16.7. The number of hydrogen-bond donors (Lipinski definition) is 2. The molecule has 1 saturated heterocycles. The Balaban J connectivity index is 1.50. The van der Waals surface area contributed by atoms with Crippen LogP contribution in [0.2, 0.25) is 0 Å². The normalized spacial score (nSPS) is 33.6. The number of nitrogens with two attached hydrogens (primary N) is 1. The van der Waals surface area contributed by atoms with E-state index in [4.69, 9.17) is 5.73 Å². The molecule has 2 bridgehead atoms. The van der Waals surface area contributed by atoms with E-state index in [-0.39, 0.29) is 41.3 Å². The van der Waals surface area contributed by atoms with Crippen molar-refractivity contribution >= 4 is 27.1 Å². The van der Waals surface area contributed by atoms with E-state index in [9.17, 15) is 13.2 Å². The van der Waals surface area contributed by atoms with Crippen molar-refractivity contribution in [3.8, 4) is 0 Å². The Morgan fingerprint density at radius 1 is 1.08 bits per heavy atom. The van der Waals surface area contributed by atoms with Gasteiger partial charge in [0.15, 0.2) is 9.84 Å². The number of carbonyl (C=O) groups excluding carboxylic acids is 1. The average Bonchev–Trinajstić information content (AvgIpc) is 2.90. The minimum absolute atomic E-state index is 0.0310. The first-order valence-electron chi connectivity index (χ1n) is 9.80. The molecule has 1 aromatic heterocycles. The monoisotopic (exact) mass is 396 g/mol. The number of nitrogens with one attached hydrogen (secondary N) is 1. The maximum absolute atomic E-state index is 12.9. The molecule has 3 aliphatic rings. The van der Waals surface area contributed by atoms with Gasteiger partial charge < -0.3 is 11.1 Å². The minimum Gasteiger partial charge on any atom is -0.348 e. The van der Waals surface area contributed by atoms with Crippen molar-refractivity contribution in [2.45, 2.75) is 63.5 Å². The Morgan fingerprint density at radius 3 is 2.42 bits per heavy atom. The van der Waals surface area contributed by atoms with Crippen LogP contribution in [-0.4, -0.2) is 37.9 Å². The molecule has 144 valence electrons. The summed E-state index contributed by atoms with van der Waals surface area (Å²) >= 11 is 1.63. The van der Waals surface area contributed by atoms with Crippen molar-refractivity contribution in [2.24, 2.45) is 17.6 Å². The van der Waals surface area contributed by atoms with Crippen LogP contribution < -0.4 is 11.1 Å². The molecule has 2 aliphatic carbocycles. The summed E-state index contributed by atoms with van der Waals surface area (Å²) in [7, 11) is -3.01. The van der Waals surface area contributed by atoms with Crippen LogP contribution in [0.5, 0.6) is 0 Å². The van der Waals surface area contributed by atoms with Crippen LogP contribution in [0.15, 0.2) is 6.07 Å². The fraction of sp³-hybridized carbons (Fsp3) is 0.737. The van der Waals surface area contributed by atoms with Crippen molar-refractivity contribution in [3.63, 3.8) is 0 Å². The molecule has 1 amide bonds. The summed E-state index contributed by atoms with van der Waals surface area (Å²) in [6, 6.07) is 2.06. The number of amides is 1. The molecule has 5 nitrogen and oxygen atoms in total. The van der Waals surface area contributed by atoms with E-state index in [2.05, 4.69) is 11.4 Å². The molecule has 2 fully saturated rings. The van der Waals surface area contributed by atoms with E-state index in [0.29, 0.717) is 12.8 Å². The Hall–Kier alpha value is -0.920. The van der Waals surface area contributed by atoms with Crippen LogP contribution >= 0.6 is 11.3 Å². The molecule has 0 radical (unpaired) electrons. The molecule has 1 aromatic rings. The van der Waals surface area contributed by atoms with E-state index >= 15 is 0 Å². The number of fused-ring (bicyclic) bond motifs is 3. The first kappa shape index (κ1) is 18.4. The number of thiophene rings is 1. The van der Waals surface area contributed by atoms with Crippen molar-refractivity contribution in [1.29, 1.82) is 0 Å². The summed E-state index contributed by atoms with van der Waals surface area (Å²) in [6.45, 7) is 0. The van der Waals surface area contributed by atoms with Crippen LogP contribution in [0.4, 0.5) is 0 Å². The van der Waals surface area contributed by atoms with E-state index < -0.39 is 9.84 Å². The van der Waals surface area contributed by atoms with Crippen molar-refractivity contribution in [1.82, 2.24) is 5.32 Å². The van der Waals surface area contributed by atoms with Crippen LogP contribution in [0.3, 0.4) is 0 Å². The Kier molecular flexibility index (Phi) is 5.14. The number of rotatable bonds is 2. The van der Waals surface area contributed by atoms with Gasteiger partial charge in [0.25, 0.3) is 5.91 Å². The molecule has 2 unspecified atom stereocenters. The van der Waals surface area contributed by atoms with Gasteiger partial charge in [0, 0.05) is 17.0 Å². The van der Waals surface area contributed by atoms with Gasteiger partial charge in [-0.2, -0.15) is 0 Å². The first-order chi connectivity index (χ1) is 12.4. The van der Waals surface area contributed by atoms with Gasteiger partial charge in [-0.25, -0.2) is 8.42 Å². The molecular formula is C19H28N2O3S2. The van der Waals surface area contributed by atoms with Crippen LogP contribution in [0, 0.1) is 11.8 Å². The first-order valence-corrected chi connectivity index (χ1v) is 12.4. The maximum atomic E-state index is 12.9. The third kappa shape index (κ3) is 3.85. The van der Waals surface area contributed by atoms with E-state index in [1.54, 1.807) is 11.3 Å². The molecule has 2 heterocycles. The zero-order valence-electron chi connectivity index (χ0n) is 15.1. The fourth-order valence-corrected chi connectivity index (χ4v) is 8.31. The second-order valence-corrected chi connectivity index (χ2v) is 11.6. The van der Waals surface area contributed by atoms with Crippen LogP contribution in [0.1, 0.15) is 58.6 Å². The summed E-state index contributed by atoms with van der Waals surface area (Å²) < 4.78 is 24.2. The molecule has 26 heavy (non-hydrogen) atoms. The van der Waals surface area contributed by atoms with Gasteiger partial charge >= 0.3 is 0 Å². The predicted molar refractivity (Wildman–Crippen MR) is 104 cm³/mol. The highest BCUT2D eigenvalue weighted by Gasteiger charge is 2.45. The third-order valence-corrected chi connectivity index (χ3v) is 9.29. The Morgan fingerprint density at radius 2 is 1.73 bits per heavy atom. The summed E-state index contributed by atoms with van der Waals surface area (Å²) in [5.41, 5.74) is 7.45. The lowest BCUT2D eigenvalue weighted by Crippen LogP contribution is -2.58. The lowest BCUT2D eigenvalue weighted by molar-refractivity contribution is 0.0870.